The zero-order chi connectivity index (χ0) is 14.6. The van der Waals surface area contributed by atoms with Gasteiger partial charge in [0.15, 0.2) is 0 Å². The van der Waals surface area contributed by atoms with Crippen LogP contribution in [0.15, 0.2) is 60.7 Å². The average Bonchev–Trinajstić information content (AvgIpc) is 2.54. The zero-order valence-corrected chi connectivity index (χ0v) is 12.3. The molecule has 0 aliphatic heterocycles. The molecule has 2 nitrogen and oxygen atoms in total. The minimum absolute atomic E-state index is 0.123. The highest BCUT2D eigenvalue weighted by molar-refractivity contribution is 6.00. The number of hydrogen-bond acceptors (Lipinski definition) is 1. The second-order valence-electron chi connectivity index (χ2n) is 5.25. The third-order valence-corrected chi connectivity index (χ3v) is 4.04. The van der Waals surface area contributed by atoms with Gasteiger partial charge in [0.05, 0.1) is 5.41 Å². The molecule has 0 spiro atoms. The lowest BCUT2D eigenvalue weighted by molar-refractivity contribution is -0.123. The zero-order valence-electron chi connectivity index (χ0n) is 12.3. The Kier molecular flexibility index (Phi) is 4.23. The summed E-state index contributed by atoms with van der Waals surface area (Å²) in [6.45, 7) is 4.08. The lowest BCUT2D eigenvalue weighted by atomic mass is 9.78. The second kappa shape index (κ2) is 5.91. The van der Waals surface area contributed by atoms with Crippen LogP contribution in [0.3, 0.4) is 0 Å². The molecule has 0 radical (unpaired) electrons. The van der Waals surface area contributed by atoms with Crippen LogP contribution in [-0.2, 0) is 10.2 Å². The number of nitrogens with zero attached hydrogens (tertiary/aromatic N) is 1. The van der Waals surface area contributed by atoms with Gasteiger partial charge in [-0.3, -0.25) is 4.79 Å². The van der Waals surface area contributed by atoms with Crippen molar-refractivity contribution in [2.45, 2.75) is 25.7 Å². The Morgan fingerprint density at radius 1 is 1.00 bits per heavy atom. The minimum atomic E-state index is -0.494. The first-order valence-corrected chi connectivity index (χ1v) is 6.98. The number of likely N-dealkylation sites (N-methyl/N-ethyl adjacent to an activating group) is 1. The third-order valence-electron chi connectivity index (χ3n) is 4.04. The van der Waals surface area contributed by atoms with E-state index in [9.17, 15) is 4.79 Å². The van der Waals surface area contributed by atoms with Gasteiger partial charge in [0, 0.05) is 12.7 Å². The number of carbonyl (C=O) groups excluding carboxylic acids is 1. The molecule has 0 heterocycles. The number of rotatable bonds is 4. The van der Waals surface area contributed by atoms with Crippen LogP contribution in [0.25, 0.3) is 0 Å². The molecule has 2 rings (SSSR count). The number of amides is 1. The second-order valence-corrected chi connectivity index (χ2v) is 5.25. The molecule has 0 N–H and O–H groups in total. The SMILES string of the molecule is CCC(C)(C(=O)N(C)c1ccccc1)c1ccccc1. The van der Waals surface area contributed by atoms with Gasteiger partial charge in [-0.1, -0.05) is 55.5 Å². The predicted octanol–water partition coefficient (Wildman–Crippen LogP) is 4.02. The fourth-order valence-electron chi connectivity index (χ4n) is 2.42. The molecule has 2 heteroatoms. The summed E-state index contributed by atoms with van der Waals surface area (Å²) in [6, 6.07) is 19.8. The van der Waals surface area contributed by atoms with Gasteiger partial charge in [0.25, 0.3) is 0 Å². The Bertz CT molecular complexity index is 564. The van der Waals surface area contributed by atoms with Crippen LogP contribution < -0.4 is 4.90 Å². The van der Waals surface area contributed by atoms with Gasteiger partial charge in [0.2, 0.25) is 5.91 Å². The monoisotopic (exact) mass is 267 g/mol. The third kappa shape index (κ3) is 2.60. The molecule has 0 bridgehead atoms. The van der Waals surface area contributed by atoms with Crippen molar-refractivity contribution in [2.24, 2.45) is 0 Å². The van der Waals surface area contributed by atoms with Crippen molar-refractivity contribution in [3.05, 3.63) is 66.2 Å². The molecule has 0 aromatic heterocycles. The van der Waals surface area contributed by atoms with E-state index in [1.807, 2.05) is 74.6 Å². The highest BCUT2D eigenvalue weighted by Crippen LogP contribution is 2.31. The van der Waals surface area contributed by atoms with Crippen molar-refractivity contribution in [3.8, 4) is 0 Å². The highest BCUT2D eigenvalue weighted by atomic mass is 16.2. The van der Waals surface area contributed by atoms with Crippen molar-refractivity contribution in [2.75, 3.05) is 11.9 Å². The first kappa shape index (κ1) is 14.3. The molecule has 1 amide bonds. The van der Waals surface area contributed by atoms with Gasteiger partial charge in [-0.2, -0.15) is 0 Å². The first-order valence-electron chi connectivity index (χ1n) is 6.98. The Morgan fingerprint density at radius 2 is 1.50 bits per heavy atom. The highest BCUT2D eigenvalue weighted by Gasteiger charge is 2.35. The van der Waals surface area contributed by atoms with Crippen LogP contribution in [0.2, 0.25) is 0 Å². The van der Waals surface area contributed by atoms with Crippen molar-refractivity contribution in [3.63, 3.8) is 0 Å². The van der Waals surface area contributed by atoms with Gasteiger partial charge >= 0.3 is 0 Å². The Morgan fingerprint density at radius 3 is 2.00 bits per heavy atom. The summed E-state index contributed by atoms with van der Waals surface area (Å²) in [5.74, 6) is 0.123. The van der Waals surface area contributed by atoms with E-state index in [0.29, 0.717) is 0 Å². The maximum absolute atomic E-state index is 12.9. The Labute approximate surface area is 121 Å². The average molecular weight is 267 g/mol. The lowest BCUT2D eigenvalue weighted by Crippen LogP contribution is -2.43. The number of benzene rings is 2. The van der Waals surface area contributed by atoms with Crippen molar-refractivity contribution < 1.29 is 4.79 Å². The van der Waals surface area contributed by atoms with E-state index in [0.717, 1.165) is 17.7 Å². The standard InChI is InChI=1S/C18H21NO/c1-4-18(2,15-11-7-5-8-12-15)17(20)19(3)16-13-9-6-10-14-16/h5-14H,4H2,1-3H3. The number of anilines is 1. The summed E-state index contributed by atoms with van der Waals surface area (Å²) in [4.78, 5) is 14.7. The van der Waals surface area contributed by atoms with Crippen molar-refractivity contribution in [1.29, 1.82) is 0 Å². The summed E-state index contributed by atoms with van der Waals surface area (Å²) in [5, 5.41) is 0. The van der Waals surface area contributed by atoms with E-state index in [2.05, 4.69) is 6.92 Å². The molecule has 2 aromatic rings. The van der Waals surface area contributed by atoms with E-state index in [1.54, 1.807) is 4.90 Å². The number of hydrogen-bond donors (Lipinski definition) is 0. The molecular weight excluding hydrogens is 246 g/mol. The molecule has 0 aliphatic rings. The molecule has 0 saturated carbocycles. The van der Waals surface area contributed by atoms with Crippen LogP contribution in [0.4, 0.5) is 5.69 Å². The van der Waals surface area contributed by atoms with Gasteiger partial charge in [-0.25, -0.2) is 0 Å². The predicted molar refractivity (Wildman–Crippen MR) is 83.9 cm³/mol. The van der Waals surface area contributed by atoms with Crippen LogP contribution in [-0.4, -0.2) is 13.0 Å². The minimum Gasteiger partial charge on any atom is -0.315 e. The maximum Gasteiger partial charge on any atom is 0.237 e. The molecule has 20 heavy (non-hydrogen) atoms. The molecule has 0 aliphatic carbocycles. The van der Waals surface area contributed by atoms with Crippen LogP contribution in [0.5, 0.6) is 0 Å². The van der Waals surface area contributed by atoms with Crippen LogP contribution >= 0.6 is 0 Å². The first-order chi connectivity index (χ1) is 9.59. The molecule has 0 fully saturated rings. The number of para-hydroxylation sites is 1. The summed E-state index contributed by atoms with van der Waals surface area (Å²) in [6.07, 6.45) is 0.771. The van der Waals surface area contributed by atoms with Crippen LogP contribution in [0.1, 0.15) is 25.8 Å². The largest absolute Gasteiger partial charge is 0.315 e. The molecule has 2 aromatic carbocycles. The molecule has 1 atom stereocenters. The van der Waals surface area contributed by atoms with Gasteiger partial charge < -0.3 is 4.90 Å². The Balaban J connectivity index is 2.35. The maximum atomic E-state index is 12.9. The van der Waals surface area contributed by atoms with E-state index in [1.165, 1.54) is 0 Å². The normalized spacial score (nSPS) is 13.6. The number of carbonyl (C=O) groups is 1. The molecular formula is C18H21NO. The van der Waals surface area contributed by atoms with Crippen molar-refractivity contribution in [1.82, 2.24) is 0 Å². The topological polar surface area (TPSA) is 20.3 Å². The fourth-order valence-corrected chi connectivity index (χ4v) is 2.42. The van der Waals surface area contributed by atoms with Crippen molar-refractivity contribution >= 4 is 11.6 Å². The van der Waals surface area contributed by atoms with E-state index >= 15 is 0 Å². The summed E-state index contributed by atoms with van der Waals surface area (Å²) in [7, 11) is 1.84. The quantitative estimate of drug-likeness (QED) is 0.819. The summed E-state index contributed by atoms with van der Waals surface area (Å²) >= 11 is 0. The van der Waals surface area contributed by atoms with E-state index < -0.39 is 5.41 Å². The van der Waals surface area contributed by atoms with Crippen LogP contribution in [0, 0.1) is 0 Å². The van der Waals surface area contributed by atoms with Gasteiger partial charge in [-0.05, 0) is 31.0 Å². The van der Waals surface area contributed by atoms with Gasteiger partial charge in [0.1, 0.15) is 0 Å². The smallest absolute Gasteiger partial charge is 0.237 e. The lowest BCUT2D eigenvalue weighted by Gasteiger charge is -2.32. The molecule has 1 unspecified atom stereocenters. The summed E-state index contributed by atoms with van der Waals surface area (Å²) in [5.41, 5.74) is 1.50. The molecule has 104 valence electrons. The summed E-state index contributed by atoms with van der Waals surface area (Å²) < 4.78 is 0. The van der Waals surface area contributed by atoms with E-state index in [4.69, 9.17) is 0 Å². The Hall–Kier alpha value is -2.09. The van der Waals surface area contributed by atoms with Gasteiger partial charge in [-0.15, -0.1) is 0 Å². The van der Waals surface area contributed by atoms with E-state index in [-0.39, 0.29) is 5.91 Å². The molecule has 0 saturated heterocycles. The fraction of sp³-hybridized carbons (Fsp3) is 0.278.